The smallest absolute Gasteiger partial charge is 0.236 e. The maximum atomic E-state index is 12.2. The van der Waals surface area contributed by atoms with Crippen LogP contribution in [0.2, 0.25) is 0 Å². The fourth-order valence-corrected chi connectivity index (χ4v) is 2.71. The lowest BCUT2D eigenvalue weighted by Crippen LogP contribution is -2.50. The van der Waals surface area contributed by atoms with Crippen LogP contribution in [0.5, 0.6) is 0 Å². The molecule has 19 heavy (non-hydrogen) atoms. The molecule has 2 saturated heterocycles. The largest absolute Gasteiger partial charge is 0.369 e. The van der Waals surface area contributed by atoms with E-state index in [1.807, 2.05) is 4.90 Å². The van der Waals surface area contributed by atoms with Crippen LogP contribution in [0, 0.1) is 5.92 Å². The number of carbonyl (C=O) groups is 2. The lowest BCUT2D eigenvalue weighted by Gasteiger charge is -2.35. The van der Waals surface area contributed by atoms with Gasteiger partial charge in [-0.1, -0.05) is 0 Å². The summed E-state index contributed by atoms with van der Waals surface area (Å²) in [6, 6.07) is 0. The van der Waals surface area contributed by atoms with Crippen LogP contribution in [0.3, 0.4) is 0 Å². The molecule has 2 N–H and O–H groups in total. The first-order chi connectivity index (χ1) is 9.06. The molecule has 2 aliphatic heterocycles. The van der Waals surface area contributed by atoms with Gasteiger partial charge in [-0.2, -0.15) is 0 Å². The predicted octanol–water partition coefficient (Wildman–Crippen LogP) is -1.04. The average Bonchev–Trinajstić information content (AvgIpc) is 2.41. The number of hydrogen-bond acceptors (Lipinski definition) is 4. The number of amides is 2. The third-order valence-corrected chi connectivity index (χ3v) is 4.20. The van der Waals surface area contributed by atoms with Crippen molar-refractivity contribution < 1.29 is 9.59 Å². The number of nitrogens with two attached hydrogens (primary N) is 1. The van der Waals surface area contributed by atoms with E-state index in [1.54, 1.807) is 0 Å². The molecule has 2 rings (SSSR count). The van der Waals surface area contributed by atoms with Gasteiger partial charge in [0.05, 0.1) is 6.54 Å². The van der Waals surface area contributed by atoms with Crippen molar-refractivity contribution in [1.82, 2.24) is 14.7 Å². The second-order valence-corrected chi connectivity index (χ2v) is 5.64. The third-order valence-electron chi connectivity index (χ3n) is 4.20. The summed E-state index contributed by atoms with van der Waals surface area (Å²) >= 11 is 0. The normalized spacial score (nSPS) is 23.5. The van der Waals surface area contributed by atoms with E-state index in [9.17, 15) is 9.59 Å². The Kier molecular flexibility index (Phi) is 4.76. The molecule has 2 aliphatic rings. The van der Waals surface area contributed by atoms with Crippen LogP contribution in [-0.2, 0) is 9.59 Å². The second-order valence-electron chi connectivity index (χ2n) is 5.64. The molecule has 6 nitrogen and oxygen atoms in total. The van der Waals surface area contributed by atoms with Gasteiger partial charge in [-0.05, 0) is 19.9 Å². The van der Waals surface area contributed by atoms with E-state index in [0.29, 0.717) is 32.5 Å². The SMILES string of the molecule is CN1CCN(CC(=O)N2CCC(C(N)=O)CC2)CC1. The van der Waals surface area contributed by atoms with Crippen LogP contribution >= 0.6 is 0 Å². The van der Waals surface area contributed by atoms with Crippen molar-refractivity contribution >= 4 is 11.8 Å². The Hall–Kier alpha value is -1.14. The van der Waals surface area contributed by atoms with Crippen LogP contribution in [0.4, 0.5) is 0 Å². The van der Waals surface area contributed by atoms with Gasteiger partial charge in [0.25, 0.3) is 0 Å². The van der Waals surface area contributed by atoms with E-state index in [0.717, 1.165) is 26.2 Å². The molecule has 0 bridgehead atoms. The van der Waals surface area contributed by atoms with Crippen LogP contribution in [0.1, 0.15) is 12.8 Å². The van der Waals surface area contributed by atoms with E-state index in [-0.39, 0.29) is 17.7 Å². The number of likely N-dealkylation sites (tertiary alicyclic amines) is 1. The molecule has 0 aromatic heterocycles. The molecule has 0 unspecified atom stereocenters. The molecule has 0 aliphatic carbocycles. The van der Waals surface area contributed by atoms with Crippen LogP contribution in [0.15, 0.2) is 0 Å². The summed E-state index contributed by atoms with van der Waals surface area (Å²) in [7, 11) is 2.10. The minimum absolute atomic E-state index is 0.0484. The number of piperidine rings is 1. The van der Waals surface area contributed by atoms with E-state index in [2.05, 4.69) is 16.8 Å². The molecular formula is C13H24N4O2. The van der Waals surface area contributed by atoms with Gasteiger partial charge in [-0.15, -0.1) is 0 Å². The highest BCUT2D eigenvalue weighted by Crippen LogP contribution is 2.16. The number of piperazine rings is 1. The molecule has 6 heteroatoms. The van der Waals surface area contributed by atoms with Crippen molar-refractivity contribution in [1.29, 1.82) is 0 Å². The highest BCUT2D eigenvalue weighted by Gasteiger charge is 2.27. The zero-order chi connectivity index (χ0) is 13.8. The van der Waals surface area contributed by atoms with Gasteiger partial charge < -0.3 is 15.5 Å². The summed E-state index contributed by atoms with van der Waals surface area (Å²) in [4.78, 5) is 29.6. The summed E-state index contributed by atoms with van der Waals surface area (Å²) in [5.41, 5.74) is 5.30. The number of carbonyl (C=O) groups excluding carboxylic acids is 2. The summed E-state index contributed by atoms with van der Waals surface area (Å²) in [5, 5.41) is 0. The Morgan fingerprint density at radius 1 is 1.05 bits per heavy atom. The number of likely N-dealkylation sites (N-methyl/N-ethyl adjacent to an activating group) is 1. The lowest BCUT2D eigenvalue weighted by molar-refractivity contribution is -0.136. The Labute approximate surface area is 114 Å². The summed E-state index contributed by atoms with van der Waals surface area (Å²) < 4.78 is 0. The zero-order valence-electron chi connectivity index (χ0n) is 11.7. The molecule has 0 aromatic carbocycles. The third kappa shape index (κ3) is 3.91. The lowest BCUT2D eigenvalue weighted by atomic mass is 9.96. The van der Waals surface area contributed by atoms with Crippen molar-refractivity contribution in [3.8, 4) is 0 Å². The van der Waals surface area contributed by atoms with Crippen molar-refractivity contribution in [2.24, 2.45) is 11.7 Å². The zero-order valence-corrected chi connectivity index (χ0v) is 11.7. The molecule has 108 valence electrons. The molecule has 2 fully saturated rings. The molecule has 0 atom stereocenters. The number of rotatable bonds is 3. The standard InChI is InChI=1S/C13H24N4O2/c1-15-6-8-16(9-7-15)10-12(18)17-4-2-11(3-5-17)13(14)19/h11H,2-10H2,1H3,(H2,14,19). The quantitative estimate of drug-likeness (QED) is 0.710. The van der Waals surface area contributed by atoms with E-state index >= 15 is 0 Å². The van der Waals surface area contributed by atoms with Gasteiger partial charge >= 0.3 is 0 Å². The van der Waals surface area contributed by atoms with Crippen LogP contribution in [0.25, 0.3) is 0 Å². The fourth-order valence-electron chi connectivity index (χ4n) is 2.71. The summed E-state index contributed by atoms with van der Waals surface area (Å²) in [6.07, 6.45) is 1.42. The molecule has 0 aromatic rings. The minimum Gasteiger partial charge on any atom is -0.369 e. The molecular weight excluding hydrogens is 244 g/mol. The Morgan fingerprint density at radius 3 is 2.16 bits per heavy atom. The first-order valence-corrected chi connectivity index (χ1v) is 7.04. The molecule has 2 amide bonds. The maximum absolute atomic E-state index is 12.2. The van der Waals surface area contributed by atoms with Gasteiger partial charge in [0.15, 0.2) is 0 Å². The topological polar surface area (TPSA) is 69.9 Å². The van der Waals surface area contributed by atoms with E-state index in [1.165, 1.54) is 0 Å². The molecule has 0 radical (unpaired) electrons. The van der Waals surface area contributed by atoms with E-state index in [4.69, 9.17) is 5.73 Å². The van der Waals surface area contributed by atoms with Gasteiger partial charge in [-0.3, -0.25) is 14.5 Å². The van der Waals surface area contributed by atoms with Gasteiger partial charge in [0.1, 0.15) is 0 Å². The molecule has 2 heterocycles. The highest BCUT2D eigenvalue weighted by molar-refractivity contribution is 5.80. The van der Waals surface area contributed by atoms with Crippen LogP contribution in [-0.4, -0.2) is 79.4 Å². The Balaban J connectivity index is 1.74. The number of hydrogen-bond donors (Lipinski definition) is 1. The first kappa shape index (κ1) is 14.3. The Morgan fingerprint density at radius 2 is 1.63 bits per heavy atom. The van der Waals surface area contributed by atoms with Gasteiger partial charge in [-0.25, -0.2) is 0 Å². The van der Waals surface area contributed by atoms with Gasteiger partial charge in [0.2, 0.25) is 11.8 Å². The minimum atomic E-state index is -0.230. The fraction of sp³-hybridized carbons (Fsp3) is 0.846. The number of primary amides is 1. The molecule has 0 saturated carbocycles. The van der Waals surface area contributed by atoms with Crippen molar-refractivity contribution in [2.75, 3.05) is 52.9 Å². The monoisotopic (exact) mass is 268 g/mol. The van der Waals surface area contributed by atoms with Crippen molar-refractivity contribution in [2.45, 2.75) is 12.8 Å². The van der Waals surface area contributed by atoms with Crippen LogP contribution < -0.4 is 5.73 Å². The maximum Gasteiger partial charge on any atom is 0.236 e. The summed E-state index contributed by atoms with van der Waals surface area (Å²) in [6.45, 7) is 5.81. The first-order valence-electron chi connectivity index (χ1n) is 7.04. The van der Waals surface area contributed by atoms with Gasteiger partial charge in [0, 0.05) is 45.2 Å². The highest BCUT2D eigenvalue weighted by atomic mass is 16.2. The summed E-state index contributed by atoms with van der Waals surface area (Å²) in [5.74, 6) is -0.0914. The van der Waals surface area contributed by atoms with Crippen molar-refractivity contribution in [3.63, 3.8) is 0 Å². The molecule has 0 spiro atoms. The predicted molar refractivity (Wildman–Crippen MR) is 72.4 cm³/mol. The Bertz CT molecular complexity index is 332. The number of nitrogens with zero attached hydrogens (tertiary/aromatic N) is 3. The second kappa shape index (κ2) is 6.34. The van der Waals surface area contributed by atoms with E-state index < -0.39 is 0 Å². The average molecular weight is 268 g/mol. The van der Waals surface area contributed by atoms with Crippen molar-refractivity contribution in [3.05, 3.63) is 0 Å².